The Morgan fingerprint density at radius 3 is 2.57 bits per heavy atom. The van der Waals surface area contributed by atoms with Gasteiger partial charge in [0.1, 0.15) is 6.29 Å². The molecule has 5 heteroatoms. The number of rotatable bonds is 5. The van der Waals surface area contributed by atoms with Crippen LogP contribution in [-0.4, -0.2) is 30.3 Å². The minimum Gasteiger partial charge on any atom is -0.322 e. The molecule has 0 radical (unpaired) electrons. The molecule has 1 aromatic rings. The van der Waals surface area contributed by atoms with E-state index < -0.39 is 6.04 Å². The highest BCUT2D eigenvalue weighted by Crippen LogP contribution is 2.33. The molecule has 2 rings (SSSR count). The molecule has 3 nitrogen and oxygen atoms in total. The molecule has 0 aromatic heterocycles. The molecule has 0 spiro atoms. The van der Waals surface area contributed by atoms with Gasteiger partial charge in [-0.1, -0.05) is 36.7 Å². The second-order valence-corrected chi connectivity index (χ2v) is 6.20. The van der Waals surface area contributed by atoms with E-state index in [9.17, 15) is 4.79 Å². The van der Waals surface area contributed by atoms with Gasteiger partial charge in [0.2, 0.25) is 0 Å². The maximum Gasteiger partial charge on any atom is 0.136 e. The summed E-state index contributed by atoms with van der Waals surface area (Å²) in [6, 6.07) is 7.58. The lowest BCUT2D eigenvalue weighted by molar-refractivity contribution is -0.109. The van der Waals surface area contributed by atoms with Crippen LogP contribution in [0.3, 0.4) is 0 Å². The zero-order valence-electron chi connectivity index (χ0n) is 12.4. The van der Waals surface area contributed by atoms with Gasteiger partial charge in [0, 0.05) is 11.1 Å². The van der Waals surface area contributed by atoms with E-state index in [-0.39, 0.29) is 18.4 Å². The summed E-state index contributed by atoms with van der Waals surface area (Å²) >= 11 is 6.34. The first-order chi connectivity index (χ1) is 9.61. The standard InChI is InChI=1S/C16H23ClN2O.ClH/c1-12-6-8-19(9-7-12)16(10-13(18)11-20)14-4-2-3-5-15(14)17;/h2-5,11-13,16H,6-10,18H2,1H3;1H. The minimum atomic E-state index is -0.435. The van der Waals surface area contributed by atoms with Gasteiger partial charge in [-0.3, -0.25) is 4.90 Å². The van der Waals surface area contributed by atoms with Crippen molar-refractivity contribution in [2.45, 2.75) is 38.3 Å². The molecule has 1 saturated heterocycles. The number of likely N-dealkylation sites (tertiary alicyclic amines) is 1. The van der Waals surface area contributed by atoms with Crippen molar-refractivity contribution in [3.63, 3.8) is 0 Å². The average molecular weight is 331 g/mol. The van der Waals surface area contributed by atoms with E-state index in [1.165, 1.54) is 12.8 Å². The molecular formula is C16H24Cl2N2O. The van der Waals surface area contributed by atoms with E-state index in [2.05, 4.69) is 11.8 Å². The second kappa shape index (κ2) is 8.74. The third-order valence-corrected chi connectivity index (χ3v) is 4.54. The van der Waals surface area contributed by atoms with Crippen LogP contribution in [0, 0.1) is 5.92 Å². The summed E-state index contributed by atoms with van der Waals surface area (Å²) in [6.45, 7) is 4.38. The Morgan fingerprint density at radius 2 is 2.00 bits per heavy atom. The molecule has 21 heavy (non-hydrogen) atoms. The fourth-order valence-electron chi connectivity index (χ4n) is 2.87. The fraction of sp³-hybridized carbons (Fsp3) is 0.562. The Labute approximate surface area is 138 Å². The largest absolute Gasteiger partial charge is 0.322 e. The Bertz CT molecular complexity index is 448. The van der Waals surface area contributed by atoms with Crippen LogP contribution in [0.4, 0.5) is 0 Å². The second-order valence-electron chi connectivity index (χ2n) is 5.79. The number of aldehydes is 1. The van der Waals surface area contributed by atoms with Crippen molar-refractivity contribution in [3.05, 3.63) is 34.9 Å². The fourth-order valence-corrected chi connectivity index (χ4v) is 3.13. The Balaban J connectivity index is 0.00000220. The smallest absolute Gasteiger partial charge is 0.136 e. The molecule has 118 valence electrons. The van der Waals surface area contributed by atoms with E-state index in [0.29, 0.717) is 6.42 Å². The van der Waals surface area contributed by atoms with Crippen molar-refractivity contribution in [3.8, 4) is 0 Å². The molecular weight excluding hydrogens is 307 g/mol. The molecule has 2 atom stereocenters. The van der Waals surface area contributed by atoms with Gasteiger partial charge in [0.15, 0.2) is 0 Å². The normalized spacial score (nSPS) is 19.6. The van der Waals surface area contributed by atoms with Crippen LogP contribution in [0.1, 0.15) is 37.8 Å². The van der Waals surface area contributed by atoms with Gasteiger partial charge >= 0.3 is 0 Å². The molecule has 2 unspecified atom stereocenters. The van der Waals surface area contributed by atoms with Crippen LogP contribution in [0.15, 0.2) is 24.3 Å². The first-order valence-corrected chi connectivity index (χ1v) is 7.69. The number of nitrogens with zero attached hydrogens (tertiary/aromatic N) is 1. The number of hydrogen-bond donors (Lipinski definition) is 1. The molecule has 1 aliphatic rings. The van der Waals surface area contributed by atoms with Crippen LogP contribution < -0.4 is 5.73 Å². The Kier molecular flexibility index (Phi) is 7.67. The average Bonchev–Trinajstić information content (AvgIpc) is 2.46. The van der Waals surface area contributed by atoms with E-state index in [0.717, 1.165) is 35.9 Å². The van der Waals surface area contributed by atoms with Crippen molar-refractivity contribution in [2.24, 2.45) is 11.7 Å². The summed E-state index contributed by atoms with van der Waals surface area (Å²) in [4.78, 5) is 13.3. The molecule has 0 aliphatic carbocycles. The van der Waals surface area contributed by atoms with Gasteiger partial charge in [-0.05, 0) is 49.9 Å². The predicted octanol–water partition coefficient (Wildman–Crippen LogP) is 3.45. The number of benzene rings is 1. The molecule has 1 heterocycles. The first-order valence-electron chi connectivity index (χ1n) is 7.31. The third kappa shape index (κ3) is 4.96. The zero-order chi connectivity index (χ0) is 14.5. The van der Waals surface area contributed by atoms with Crippen LogP contribution in [0.5, 0.6) is 0 Å². The topological polar surface area (TPSA) is 46.3 Å². The number of carbonyl (C=O) groups is 1. The van der Waals surface area contributed by atoms with E-state index in [1.54, 1.807) is 0 Å². The van der Waals surface area contributed by atoms with Crippen LogP contribution in [0.25, 0.3) is 0 Å². The van der Waals surface area contributed by atoms with Gasteiger partial charge in [0.05, 0.1) is 6.04 Å². The first kappa shape index (κ1) is 18.4. The van der Waals surface area contributed by atoms with Crippen LogP contribution in [-0.2, 0) is 4.79 Å². The number of nitrogens with two attached hydrogens (primary N) is 1. The Morgan fingerprint density at radius 1 is 1.38 bits per heavy atom. The highest BCUT2D eigenvalue weighted by Gasteiger charge is 2.27. The lowest BCUT2D eigenvalue weighted by Gasteiger charge is -2.38. The highest BCUT2D eigenvalue weighted by molar-refractivity contribution is 6.31. The monoisotopic (exact) mass is 330 g/mol. The van der Waals surface area contributed by atoms with Crippen molar-refractivity contribution in [2.75, 3.05) is 13.1 Å². The summed E-state index contributed by atoms with van der Waals surface area (Å²) in [5, 5.41) is 0.759. The predicted molar refractivity (Wildman–Crippen MR) is 90.1 cm³/mol. The number of halogens is 2. The van der Waals surface area contributed by atoms with Crippen molar-refractivity contribution >= 4 is 30.3 Å². The maximum absolute atomic E-state index is 10.9. The van der Waals surface area contributed by atoms with Gasteiger partial charge in [0.25, 0.3) is 0 Å². The lowest BCUT2D eigenvalue weighted by Crippen LogP contribution is -2.39. The molecule has 0 amide bonds. The quantitative estimate of drug-likeness (QED) is 0.841. The molecule has 2 N–H and O–H groups in total. The molecule has 1 aliphatic heterocycles. The lowest BCUT2D eigenvalue weighted by atomic mass is 9.93. The Hall–Kier alpha value is -0.610. The minimum absolute atomic E-state index is 0. The molecule has 0 bridgehead atoms. The number of carbonyl (C=O) groups excluding carboxylic acids is 1. The third-order valence-electron chi connectivity index (χ3n) is 4.19. The molecule has 1 fully saturated rings. The summed E-state index contributed by atoms with van der Waals surface area (Å²) in [6.07, 6.45) is 3.84. The van der Waals surface area contributed by atoms with Crippen molar-refractivity contribution in [1.29, 1.82) is 0 Å². The van der Waals surface area contributed by atoms with Crippen LogP contribution in [0.2, 0.25) is 5.02 Å². The van der Waals surface area contributed by atoms with Crippen LogP contribution >= 0.6 is 24.0 Å². The summed E-state index contributed by atoms with van der Waals surface area (Å²) in [7, 11) is 0. The summed E-state index contributed by atoms with van der Waals surface area (Å²) in [5.41, 5.74) is 6.94. The SMILES string of the molecule is CC1CCN(C(CC(N)C=O)c2ccccc2Cl)CC1.Cl. The van der Waals surface area contributed by atoms with E-state index in [4.69, 9.17) is 17.3 Å². The molecule has 0 saturated carbocycles. The number of hydrogen-bond acceptors (Lipinski definition) is 3. The summed E-state index contributed by atoms with van der Waals surface area (Å²) < 4.78 is 0. The van der Waals surface area contributed by atoms with E-state index in [1.807, 2.05) is 24.3 Å². The number of piperidine rings is 1. The van der Waals surface area contributed by atoms with Crippen molar-refractivity contribution in [1.82, 2.24) is 4.90 Å². The van der Waals surface area contributed by atoms with Crippen molar-refractivity contribution < 1.29 is 4.79 Å². The van der Waals surface area contributed by atoms with Gasteiger partial charge < -0.3 is 10.5 Å². The summed E-state index contributed by atoms with van der Waals surface area (Å²) in [5.74, 6) is 0.776. The van der Waals surface area contributed by atoms with Gasteiger partial charge in [-0.2, -0.15) is 0 Å². The highest BCUT2D eigenvalue weighted by atomic mass is 35.5. The van der Waals surface area contributed by atoms with Gasteiger partial charge in [-0.15, -0.1) is 12.4 Å². The van der Waals surface area contributed by atoms with E-state index >= 15 is 0 Å². The zero-order valence-corrected chi connectivity index (χ0v) is 13.9. The van der Waals surface area contributed by atoms with Gasteiger partial charge in [-0.25, -0.2) is 0 Å². The molecule has 1 aromatic carbocycles. The maximum atomic E-state index is 10.9.